The highest BCUT2D eigenvalue weighted by atomic mass is 32.2. The van der Waals surface area contributed by atoms with Gasteiger partial charge in [0, 0.05) is 24.2 Å². The standard InChI is InChI=1S/C18H32N4O4S/c1-13(2)10-14(21(6)7)12-19-16-9-8-15(11-17(16)22(23)24)27(25,26)20-18(3,4)5/h8-9,11,13-14,19-20H,10,12H2,1-7H3/t14-/m1/s1. The zero-order valence-corrected chi connectivity index (χ0v) is 18.1. The van der Waals surface area contributed by atoms with Gasteiger partial charge in [0.05, 0.1) is 9.82 Å². The molecule has 0 fully saturated rings. The molecule has 8 nitrogen and oxygen atoms in total. The highest BCUT2D eigenvalue weighted by molar-refractivity contribution is 7.89. The van der Waals surface area contributed by atoms with Crippen molar-refractivity contribution >= 4 is 21.4 Å². The topological polar surface area (TPSA) is 105 Å². The summed E-state index contributed by atoms with van der Waals surface area (Å²) in [5, 5.41) is 14.6. The molecule has 1 aromatic rings. The number of anilines is 1. The van der Waals surface area contributed by atoms with E-state index in [1.54, 1.807) is 20.8 Å². The Kier molecular flexibility index (Phi) is 7.76. The van der Waals surface area contributed by atoms with Gasteiger partial charge in [-0.25, -0.2) is 13.1 Å². The molecule has 0 amide bonds. The largest absolute Gasteiger partial charge is 0.378 e. The number of hydrogen-bond acceptors (Lipinski definition) is 6. The predicted molar refractivity (Wildman–Crippen MR) is 109 cm³/mol. The van der Waals surface area contributed by atoms with E-state index in [4.69, 9.17) is 0 Å². The van der Waals surface area contributed by atoms with E-state index in [2.05, 4.69) is 28.8 Å². The third-order valence-corrected chi connectivity index (χ3v) is 5.67. The fraction of sp³-hybridized carbons (Fsp3) is 0.667. The number of likely N-dealkylation sites (N-methyl/N-ethyl adjacent to an activating group) is 1. The Morgan fingerprint density at radius 1 is 1.22 bits per heavy atom. The van der Waals surface area contributed by atoms with Crippen molar-refractivity contribution < 1.29 is 13.3 Å². The molecule has 0 aliphatic carbocycles. The van der Waals surface area contributed by atoms with Crippen LogP contribution in [0.3, 0.4) is 0 Å². The van der Waals surface area contributed by atoms with E-state index < -0.39 is 20.5 Å². The molecule has 2 N–H and O–H groups in total. The summed E-state index contributed by atoms with van der Waals surface area (Å²) in [6.45, 7) is 9.92. The van der Waals surface area contributed by atoms with Gasteiger partial charge in [0.2, 0.25) is 10.0 Å². The van der Waals surface area contributed by atoms with Crippen LogP contribution in [0.25, 0.3) is 0 Å². The van der Waals surface area contributed by atoms with Crippen LogP contribution in [0.4, 0.5) is 11.4 Å². The van der Waals surface area contributed by atoms with Crippen LogP contribution in [0, 0.1) is 16.0 Å². The van der Waals surface area contributed by atoms with E-state index in [0.717, 1.165) is 12.5 Å². The maximum Gasteiger partial charge on any atom is 0.293 e. The summed E-state index contributed by atoms with van der Waals surface area (Å²) in [5.74, 6) is 0.491. The van der Waals surface area contributed by atoms with Gasteiger partial charge < -0.3 is 10.2 Å². The maximum atomic E-state index is 12.4. The first-order valence-electron chi connectivity index (χ1n) is 8.95. The first-order chi connectivity index (χ1) is 12.2. The van der Waals surface area contributed by atoms with Crippen molar-refractivity contribution in [3.05, 3.63) is 28.3 Å². The fourth-order valence-corrected chi connectivity index (χ4v) is 4.13. The first-order valence-corrected chi connectivity index (χ1v) is 10.4. The van der Waals surface area contributed by atoms with Crippen LogP contribution in [0.15, 0.2) is 23.1 Å². The lowest BCUT2D eigenvalue weighted by atomic mass is 10.0. The Morgan fingerprint density at radius 2 is 1.81 bits per heavy atom. The lowest BCUT2D eigenvalue weighted by molar-refractivity contribution is -0.384. The molecule has 0 saturated heterocycles. The Hall–Kier alpha value is -1.71. The van der Waals surface area contributed by atoms with Gasteiger partial charge in [0.1, 0.15) is 5.69 Å². The quantitative estimate of drug-likeness (QED) is 0.488. The van der Waals surface area contributed by atoms with E-state index in [1.807, 2.05) is 14.1 Å². The molecule has 0 aromatic heterocycles. The molecule has 27 heavy (non-hydrogen) atoms. The van der Waals surface area contributed by atoms with Crippen molar-refractivity contribution in [3.8, 4) is 0 Å². The third kappa shape index (κ3) is 7.43. The van der Waals surface area contributed by atoms with Crippen LogP contribution in [0.5, 0.6) is 0 Å². The van der Waals surface area contributed by atoms with Crippen molar-refractivity contribution in [2.45, 2.75) is 57.5 Å². The van der Waals surface area contributed by atoms with Crippen LogP contribution in [0.2, 0.25) is 0 Å². The maximum absolute atomic E-state index is 12.4. The summed E-state index contributed by atoms with van der Waals surface area (Å²) in [4.78, 5) is 12.9. The number of sulfonamides is 1. The first kappa shape index (κ1) is 23.3. The normalized spacial score (nSPS) is 13.8. The summed E-state index contributed by atoms with van der Waals surface area (Å²) in [7, 11) is 0.0966. The van der Waals surface area contributed by atoms with Gasteiger partial charge in [-0.05, 0) is 59.3 Å². The van der Waals surface area contributed by atoms with Gasteiger partial charge in [-0.15, -0.1) is 0 Å². The van der Waals surface area contributed by atoms with Crippen LogP contribution >= 0.6 is 0 Å². The highest BCUT2D eigenvalue weighted by Gasteiger charge is 2.26. The van der Waals surface area contributed by atoms with Gasteiger partial charge in [-0.1, -0.05) is 13.8 Å². The number of nitro groups is 1. The van der Waals surface area contributed by atoms with Crippen molar-refractivity contribution in [3.63, 3.8) is 0 Å². The fourth-order valence-electron chi connectivity index (χ4n) is 2.69. The Labute approximate surface area is 162 Å². The summed E-state index contributed by atoms with van der Waals surface area (Å²) in [6, 6.07) is 4.15. The molecule has 1 atom stereocenters. The SMILES string of the molecule is CC(C)C[C@H](CNc1ccc(S(=O)(=O)NC(C)(C)C)cc1[N+](=O)[O-])N(C)C. The van der Waals surface area contributed by atoms with Crippen LogP contribution in [-0.4, -0.2) is 50.5 Å². The van der Waals surface area contributed by atoms with E-state index >= 15 is 0 Å². The second kappa shape index (κ2) is 8.99. The Morgan fingerprint density at radius 3 is 2.26 bits per heavy atom. The number of nitrogens with one attached hydrogen (secondary N) is 2. The minimum atomic E-state index is -3.84. The molecule has 0 aliphatic heterocycles. The lowest BCUT2D eigenvalue weighted by Gasteiger charge is -2.26. The van der Waals surface area contributed by atoms with Gasteiger partial charge >= 0.3 is 0 Å². The van der Waals surface area contributed by atoms with Gasteiger partial charge in [0.15, 0.2) is 0 Å². The van der Waals surface area contributed by atoms with Gasteiger partial charge in [-0.2, -0.15) is 0 Å². The molecule has 0 saturated carbocycles. The van der Waals surface area contributed by atoms with Crippen molar-refractivity contribution in [1.29, 1.82) is 0 Å². The molecule has 0 bridgehead atoms. The monoisotopic (exact) mass is 400 g/mol. The van der Waals surface area contributed by atoms with Crippen molar-refractivity contribution in [1.82, 2.24) is 9.62 Å². The Bertz CT molecular complexity index is 755. The average Bonchev–Trinajstić information content (AvgIpc) is 2.48. The van der Waals surface area contributed by atoms with Crippen LogP contribution < -0.4 is 10.0 Å². The number of rotatable bonds is 9. The molecule has 1 aromatic carbocycles. The molecule has 0 radical (unpaired) electrons. The van der Waals surface area contributed by atoms with Crippen LogP contribution in [-0.2, 0) is 10.0 Å². The van der Waals surface area contributed by atoms with Crippen molar-refractivity contribution in [2.24, 2.45) is 5.92 Å². The van der Waals surface area contributed by atoms with E-state index in [0.29, 0.717) is 18.2 Å². The minimum Gasteiger partial charge on any atom is -0.378 e. The average molecular weight is 401 g/mol. The molecular weight excluding hydrogens is 368 g/mol. The van der Waals surface area contributed by atoms with Gasteiger partial charge in [0.25, 0.3) is 5.69 Å². The summed E-state index contributed by atoms with van der Waals surface area (Å²) in [5.41, 5.74) is -0.625. The summed E-state index contributed by atoms with van der Waals surface area (Å²) >= 11 is 0. The zero-order valence-electron chi connectivity index (χ0n) is 17.2. The van der Waals surface area contributed by atoms with Gasteiger partial charge in [-0.3, -0.25) is 10.1 Å². The third-order valence-electron chi connectivity index (χ3n) is 3.92. The molecule has 9 heteroatoms. The molecule has 0 heterocycles. The minimum absolute atomic E-state index is 0.124. The van der Waals surface area contributed by atoms with Crippen molar-refractivity contribution in [2.75, 3.05) is 26.0 Å². The molecule has 0 unspecified atom stereocenters. The summed E-state index contributed by atoms with van der Waals surface area (Å²) in [6.07, 6.45) is 0.940. The van der Waals surface area contributed by atoms with E-state index in [9.17, 15) is 18.5 Å². The number of hydrogen-bond donors (Lipinski definition) is 2. The second-order valence-corrected chi connectivity index (χ2v) is 10.1. The summed E-state index contributed by atoms with van der Waals surface area (Å²) < 4.78 is 27.4. The number of nitro benzene ring substituents is 1. The van der Waals surface area contributed by atoms with E-state index in [-0.39, 0.29) is 16.6 Å². The highest BCUT2D eigenvalue weighted by Crippen LogP contribution is 2.28. The number of nitrogens with zero attached hydrogens (tertiary/aromatic N) is 2. The smallest absolute Gasteiger partial charge is 0.293 e. The zero-order chi connectivity index (χ0) is 21.0. The molecular formula is C18H32N4O4S. The molecule has 154 valence electrons. The van der Waals surface area contributed by atoms with E-state index in [1.165, 1.54) is 12.1 Å². The number of benzene rings is 1. The molecule has 0 spiro atoms. The Balaban J connectivity index is 3.12. The predicted octanol–water partition coefficient (Wildman–Crippen LogP) is 3.06. The second-order valence-electron chi connectivity index (χ2n) is 8.42. The lowest BCUT2D eigenvalue weighted by Crippen LogP contribution is -2.40. The molecule has 1 rings (SSSR count). The molecule has 0 aliphatic rings. The van der Waals surface area contributed by atoms with Crippen LogP contribution in [0.1, 0.15) is 41.0 Å².